The lowest BCUT2D eigenvalue weighted by Gasteiger charge is -2.47. The average Bonchev–Trinajstić information content (AvgIpc) is 2.71. The minimum absolute atomic E-state index is 0.0835. The van der Waals surface area contributed by atoms with Gasteiger partial charge < -0.3 is 19.5 Å². The highest BCUT2D eigenvalue weighted by Crippen LogP contribution is 2.44. The van der Waals surface area contributed by atoms with Crippen molar-refractivity contribution in [2.75, 3.05) is 33.9 Å². The fourth-order valence-electron chi connectivity index (χ4n) is 4.85. The van der Waals surface area contributed by atoms with Crippen LogP contribution in [0, 0.1) is 17.8 Å². The Balaban J connectivity index is 1.83. The van der Waals surface area contributed by atoms with Crippen molar-refractivity contribution in [1.82, 2.24) is 10.2 Å². The van der Waals surface area contributed by atoms with Crippen molar-refractivity contribution in [2.24, 2.45) is 17.8 Å². The molecule has 0 radical (unpaired) electrons. The Hall–Kier alpha value is -1.95. The largest absolute Gasteiger partial charge is 0.493 e. The zero-order valence-electron chi connectivity index (χ0n) is 19.4. The second-order valence-corrected chi connectivity index (χ2v) is 9.51. The van der Waals surface area contributed by atoms with Crippen molar-refractivity contribution in [3.8, 4) is 11.5 Å². The van der Waals surface area contributed by atoms with Gasteiger partial charge in [-0.05, 0) is 47.9 Å². The number of carbonyl (C=O) groups is 1. The summed E-state index contributed by atoms with van der Waals surface area (Å²) in [6, 6.07) is 4.46. The van der Waals surface area contributed by atoms with Crippen molar-refractivity contribution in [3.05, 3.63) is 23.3 Å². The molecule has 3 unspecified atom stereocenters. The van der Waals surface area contributed by atoms with E-state index in [1.165, 1.54) is 11.1 Å². The summed E-state index contributed by atoms with van der Waals surface area (Å²) in [4.78, 5) is 15.0. The Morgan fingerprint density at radius 2 is 1.83 bits per heavy atom. The number of carbonyl (C=O) groups excluding carboxylic acids is 1. The molecule has 0 bridgehead atoms. The van der Waals surface area contributed by atoms with Crippen LogP contribution in [-0.2, 0) is 11.2 Å². The zero-order chi connectivity index (χ0) is 21.8. The normalized spacial score (nSPS) is 23.7. The van der Waals surface area contributed by atoms with E-state index >= 15 is 0 Å². The standard InChI is InChI=1S/C24H38N2O4/c1-15(2)9-18-14-26-8-7-17-10-22(28-5)23(29-6)11-19(17)20(26)12-21(18)30-24(27)25-13-16(3)4/h10-11,15-16,18,20-21H,7-9,12-14H2,1-6H3,(H,25,27). The third-order valence-corrected chi connectivity index (χ3v) is 6.25. The van der Waals surface area contributed by atoms with E-state index in [-0.39, 0.29) is 18.2 Å². The van der Waals surface area contributed by atoms with Crippen LogP contribution in [0.5, 0.6) is 11.5 Å². The van der Waals surface area contributed by atoms with E-state index in [1.807, 2.05) is 0 Å². The molecule has 0 aromatic heterocycles. The molecule has 0 spiro atoms. The van der Waals surface area contributed by atoms with Gasteiger partial charge in [0, 0.05) is 38.0 Å². The van der Waals surface area contributed by atoms with E-state index in [1.54, 1.807) is 14.2 Å². The van der Waals surface area contributed by atoms with Crippen molar-refractivity contribution in [1.29, 1.82) is 0 Å². The number of fused-ring (bicyclic) bond motifs is 3. The van der Waals surface area contributed by atoms with E-state index < -0.39 is 0 Å². The molecule has 168 valence electrons. The minimum atomic E-state index is -0.292. The first-order chi connectivity index (χ1) is 14.3. The smallest absolute Gasteiger partial charge is 0.407 e. The van der Waals surface area contributed by atoms with E-state index in [0.29, 0.717) is 24.3 Å². The molecular weight excluding hydrogens is 380 g/mol. The summed E-state index contributed by atoms with van der Waals surface area (Å²) >= 11 is 0. The minimum Gasteiger partial charge on any atom is -0.493 e. The predicted molar refractivity (Wildman–Crippen MR) is 118 cm³/mol. The number of nitrogens with zero attached hydrogens (tertiary/aromatic N) is 1. The van der Waals surface area contributed by atoms with Crippen LogP contribution < -0.4 is 14.8 Å². The molecule has 0 aliphatic carbocycles. The molecular formula is C24H38N2O4. The third kappa shape index (κ3) is 5.20. The highest BCUT2D eigenvalue weighted by Gasteiger charge is 2.41. The summed E-state index contributed by atoms with van der Waals surface area (Å²) in [7, 11) is 3.35. The summed E-state index contributed by atoms with van der Waals surface area (Å²) in [6.07, 6.45) is 2.50. The van der Waals surface area contributed by atoms with Gasteiger partial charge >= 0.3 is 6.09 Å². The number of benzene rings is 1. The van der Waals surface area contributed by atoms with Crippen LogP contribution >= 0.6 is 0 Å². The topological polar surface area (TPSA) is 60.0 Å². The number of methoxy groups -OCH3 is 2. The molecule has 30 heavy (non-hydrogen) atoms. The molecule has 1 aromatic rings. The Morgan fingerprint density at radius 1 is 1.13 bits per heavy atom. The van der Waals surface area contributed by atoms with E-state index in [2.05, 4.69) is 50.0 Å². The number of hydrogen-bond donors (Lipinski definition) is 1. The van der Waals surface area contributed by atoms with Crippen molar-refractivity contribution in [3.63, 3.8) is 0 Å². The van der Waals surface area contributed by atoms with Crippen LogP contribution in [0.25, 0.3) is 0 Å². The van der Waals surface area contributed by atoms with Gasteiger partial charge in [0.15, 0.2) is 11.5 Å². The molecule has 2 aliphatic heterocycles. The number of nitrogens with one attached hydrogen (secondary N) is 1. The molecule has 1 fully saturated rings. The first-order valence-electron chi connectivity index (χ1n) is 11.3. The van der Waals surface area contributed by atoms with Gasteiger partial charge in [-0.1, -0.05) is 27.7 Å². The van der Waals surface area contributed by atoms with Crippen molar-refractivity contribution in [2.45, 2.75) is 59.1 Å². The molecule has 1 amide bonds. The summed E-state index contributed by atoms with van der Waals surface area (Å²) in [5.41, 5.74) is 2.58. The van der Waals surface area contributed by atoms with Gasteiger partial charge in [0.05, 0.1) is 14.2 Å². The zero-order valence-corrected chi connectivity index (χ0v) is 19.4. The molecule has 0 saturated carbocycles. The number of alkyl carbamates (subject to hydrolysis) is 1. The van der Waals surface area contributed by atoms with Crippen LogP contribution in [0.15, 0.2) is 12.1 Å². The summed E-state index contributed by atoms with van der Waals surface area (Å²) in [5, 5.41) is 2.92. The Kier molecular flexibility index (Phi) is 7.50. The fourth-order valence-corrected chi connectivity index (χ4v) is 4.85. The van der Waals surface area contributed by atoms with Gasteiger partial charge in [0.25, 0.3) is 0 Å². The molecule has 1 saturated heterocycles. The summed E-state index contributed by atoms with van der Waals surface area (Å²) in [5.74, 6) is 2.86. The van der Waals surface area contributed by atoms with Crippen LogP contribution in [0.4, 0.5) is 4.79 Å². The SMILES string of the molecule is COc1cc2c(cc1OC)C1CC(OC(=O)NCC(C)C)C(CC(C)C)CN1CC2. The lowest BCUT2D eigenvalue weighted by Crippen LogP contribution is -2.50. The highest BCUT2D eigenvalue weighted by molar-refractivity contribution is 5.67. The molecule has 6 heteroatoms. The quantitative estimate of drug-likeness (QED) is 0.710. The number of rotatable bonds is 7. The molecule has 2 heterocycles. The van der Waals surface area contributed by atoms with Crippen molar-refractivity contribution >= 4 is 6.09 Å². The van der Waals surface area contributed by atoms with Crippen LogP contribution in [0.3, 0.4) is 0 Å². The molecule has 1 N–H and O–H groups in total. The monoisotopic (exact) mass is 418 g/mol. The highest BCUT2D eigenvalue weighted by atomic mass is 16.6. The van der Waals surface area contributed by atoms with Crippen LogP contribution in [-0.4, -0.2) is 51.0 Å². The lowest BCUT2D eigenvalue weighted by molar-refractivity contribution is -0.0293. The van der Waals surface area contributed by atoms with Gasteiger partial charge in [-0.3, -0.25) is 4.90 Å². The van der Waals surface area contributed by atoms with E-state index in [0.717, 1.165) is 43.9 Å². The average molecular weight is 419 g/mol. The molecule has 6 nitrogen and oxygen atoms in total. The van der Waals surface area contributed by atoms with E-state index in [4.69, 9.17) is 14.2 Å². The van der Waals surface area contributed by atoms with Crippen LogP contribution in [0.2, 0.25) is 0 Å². The molecule has 2 aliphatic rings. The van der Waals surface area contributed by atoms with Gasteiger partial charge in [-0.25, -0.2) is 4.79 Å². The van der Waals surface area contributed by atoms with Gasteiger partial charge in [0.2, 0.25) is 0 Å². The van der Waals surface area contributed by atoms with Gasteiger partial charge in [0.1, 0.15) is 6.10 Å². The van der Waals surface area contributed by atoms with Gasteiger partial charge in [-0.2, -0.15) is 0 Å². The number of amides is 1. The first-order valence-corrected chi connectivity index (χ1v) is 11.3. The lowest BCUT2D eigenvalue weighted by atomic mass is 9.79. The van der Waals surface area contributed by atoms with Crippen LogP contribution in [0.1, 0.15) is 57.7 Å². The predicted octanol–water partition coefficient (Wildman–Crippen LogP) is 4.42. The second-order valence-electron chi connectivity index (χ2n) is 9.51. The maximum absolute atomic E-state index is 12.5. The molecule has 3 rings (SSSR count). The van der Waals surface area contributed by atoms with Gasteiger partial charge in [-0.15, -0.1) is 0 Å². The second kappa shape index (κ2) is 9.90. The Bertz CT molecular complexity index is 734. The summed E-state index contributed by atoms with van der Waals surface area (Å²) < 4.78 is 17.1. The number of ether oxygens (including phenoxy) is 3. The maximum Gasteiger partial charge on any atom is 0.407 e. The molecule has 3 atom stereocenters. The number of hydrogen-bond acceptors (Lipinski definition) is 5. The fraction of sp³-hybridized carbons (Fsp3) is 0.708. The maximum atomic E-state index is 12.5. The first kappa shape index (κ1) is 22.7. The van der Waals surface area contributed by atoms with E-state index in [9.17, 15) is 4.79 Å². The van der Waals surface area contributed by atoms with Crippen molar-refractivity contribution < 1.29 is 19.0 Å². The number of piperidine rings is 1. The Labute approximate surface area is 181 Å². The summed E-state index contributed by atoms with van der Waals surface area (Å²) in [6.45, 7) is 11.3. The Morgan fingerprint density at radius 3 is 2.47 bits per heavy atom. The third-order valence-electron chi connectivity index (χ3n) is 6.25. The molecule has 1 aromatic carbocycles.